The normalized spacial score (nSPS) is 10.5. The van der Waals surface area contributed by atoms with Crippen molar-refractivity contribution in [1.82, 2.24) is 15.6 Å². The van der Waals surface area contributed by atoms with Crippen LogP contribution in [0.2, 0.25) is 0 Å². The van der Waals surface area contributed by atoms with E-state index in [0.29, 0.717) is 22.1 Å². The molecule has 1 amide bonds. The molecule has 0 bridgehead atoms. The van der Waals surface area contributed by atoms with Crippen LogP contribution in [-0.4, -0.2) is 28.7 Å². The van der Waals surface area contributed by atoms with Crippen molar-refractivity contribution in [3.05, 3.63) is 38.8 Å². The van der Waals surface area contributed by atoms with E-state index < -0.39 is 17.4 Å². The van der Waals surface area contributed by atoms with Gasteiger partial charge in [-0.25, -0.2) is 15.7 Å². The van der Waals surface area contributed by atoms with Crippen molar-refractivity contribution in [3.63, 3.8) is 0 Å². The zero-order valence-electron chi connectivity index (χ0n) is 12.4. The number of hydrogen-bond acceptors (Lipinski definition) is 6. The second-order valence-electron chi connectivity index (χ2n) is 4.71. The minimum atomic E-state index is -0.635. The first-order chi connectivity index (χ1) is 10.4. The highest BCUT2D eigenvalue weighted by Gasteiger charge is 2.21. The van der Waals surface area contributed by atoms with Crippen LogP contribution in [0.1, 0.15) is 38.9 Å². The Morgan fingerprint density at radius 1 is 1.41 bits per heavy atom. The van der Waals surface area contributed by atoms with Crippen molar-refractivity contribution in [1.29, 1.82) is 0 Å². The molecule has 22 heavy (non-hydrogen) atoms. The largest absolute Gasteiger partial charge is 0.462 e. The number of aryl methyl sites for hydroxylation is 2. The number of esters is 1. The molecule has 1 aromatic carbocycles. The molecule has 8 nitrogen and oxygen atoms in total. The van der Waals surface area contributed by atoms with Gasteiger partial charge in [0, 0.05) is 5.39 Å². The van der Waals surface area contributed by atoms with Crippen LogP contribution in [0.25, 0.3) is 10.8 Å². The summed E-state index contributed by atoms with van der Waals surface area (Å²) < 4.78 is 5.01. The average Bonchev–Trinajstić information content (AvgIpc) is 2.46. The molecule has 0 aliphatic rings. The fourth-order valence-corrected chi connectivity index (χ4v) is 2.44. The molecule has 0 aliphatic heterocycles. The van der Waals surface area contributed by atoms with Crippen LogP contribution in [0.3, 0.4) is 0 Å². The van der Waals surface area contributed by atoms with E-state index in [-0.39, 0.29) is 17.7 Å². The number of benzene rings is 1. The van der Waals surface area contributed by atoms with Gasteiger partial charge in [0.1, 0.15) is 0 Å². The van der Waals surface area contributed by atoms with Crippen molar-refractivity contribution >= 4 is 22.6 Å². The fourth-order valence-electron chi connectivity index (χ4n) is 2.44. The van der Waals surface area contributed by atoms with Gasteiger partial charge >= 0.3 is 5.97 Å². The smallest absolute Gasteiger partial charge is 0.338 e. The lowest BCUT2D eigenvalue weighted by Gasteiger charge is -2.13. The lowest BCUT2D eigenvalue weighted by molar-refractivity contribution is 0.0525. The summed E-state index contributed by atoms with van der Waals surface area (Å²) in [6, 6.07) is 1.56. The molecule has 0 saturated carbocycles. The van der Waals surface area contributed by atoms with Gasteiger partial charge in [-0.15, -0.1) is 0 Å². The predicted molar refractivity (Wildman–Crippen MR) is 79.4 cm³/mol. The average molecular weight is 304 g/mol. The van der Waals surface area contributed by atoms with Crippen molar-refractivity contribution < 1.29 is 14.3 Å². The topological polar surface area (TPSA) is 127 Å². The number of nitrogens with zero attached hydrogens (tertiary/aromatic N) is 1. The van der Waals surface area contributed by atoms with Crippen LogP contribution >= 0.6 is 0 Å². The number of aromatic nitrogens is 2. The number of rotatable bonds is 3. The van der Waals surface area contributed by atoms with Crippen molar-refractivity contribution in [2.24, 2.45) is 5.84 Å². The lowest BCUT2D eigenvalue weighted by Crippen LogP contribution is -2.32. The molecule has 0 spiro atoms. The first-order valence-corrected chi connectivity index (χ1v) is 6.63. The number of ether oxygens (including phenoxy) is 1. The molecule has 0 radical (unpaired) electrons. The fraction of sp³-hybridized carbons (Fsp3) is 0.286. The molecule has 2 aromatic rings. The van der Waals surface area contributed by atoms with Gasteiger partial charge in [0.2, 0.25) is 0 Å². The van der Waals surface area contributed by atoms with E-state index in [9.17, 15) is 14.4 Å². The molecule has 0 saturated heterocycles. The first-order valence-electron chi connectivity index (χ1n) is 6.63. The van der Waals surface area contributed by atoms with Crippen LogP contribution < -0.4 is 16.8 Å². The molecule has 0 fully saturated rings. The number of aromatic amines is 1. The molecule has 0 atom stereocenters. The second kappa shape index (κ2) is 5.94. The quantitative estimate of drug-likeness (QED) is 0.324. The minimum Gasteiger partial charge on any atom is -0.462 e. The molecule has 4 N–H and O–H groups in total. The summed E-state index contributed by atoms with van der Waals surface area (Å²) in [4.78, 5) is 35.9. The number of nitrogen functional groups attached to an aromatic ring is 1. The van der Waals surface area contributed by atoms with Gasteiger partial charge in [-0.2, -0.15) is 5.10 Å². The Morgan fingerprint density at radius 2 is 2.09 bits per heavy atom. The Kier molecular flexibility index (Phi) is 4.22. The summed E-state index contributed by atoms with van der Waals surface area (Å²) in [6.45, 7) is 5.25. The number of hydrogen-bond donors (Lipinski definition) is 3. The molecular weight excluding hydrogens is 288 g/mol. The monoisotopic (exact) mass is 304 g/mol. The van der Waals surface area contributed by atoms with E-state index in [1.807, 2.05) is 5.43 Å². The van der Waals surface area contributed by atoms with Gasteiger partial charge < -0.3 is 4.74 Å². The third-order valence-electron chi connectivity index (χ3n) is 3.35. The predicted octanol–water partition coefficient (Wildman–Crippen LogP) is 0.320. The second-order valence-corrected chi connectivity index (χ2v) is 4.71. The highest BCUT2D eigenvalue weighted by Crippen LogP contribution is 2.25. The van der Waals surface area contributed by atoms with Crippen LogP contribution in [0.4, 0.5) is 0 Å². The maximum Gasteiger partial charge on any atom is 0.338 e. The number of amides is 1. The highest BCUT2D eigenvalue weighted by atomic mass is 16.5. The Hall–Kier alpha value is -2.74. The first kappa shape index (κ1) is 15.6. The van der Waals surface area contributed by atoms with Gasteiger partial charge in [0.15, 0.2) is 5.69 Å². The number of carbonyl (C=O) groups excluding carboxylic acids is 2. The third-order valence-corrected chi connectivity index (χ3v) is 3.35. The maximum atomic E-state index is 12.1. The Balaban J connectivity index is 2.87. The van der Waals surface area contributed by atoms with Crippen LogP contribution in [0.5, 0.6) is 0 Å². The molecule has 2 rings (SSSR count). The SMILES string of the molecule is CCOC(=O)c1c(C)cc2c(C(=O)NN)n[nH]c(=O)c2c1C. The lowest BCUT2D eigenvalue weighted by atomic mass is 9.95. The van der Waals surface area contributed by atoms with Crippen molar-refractivity contribution in [3.8, 4) is 0 Å². The summed E-state index contributed by atoms with van der Waals surface area (Å²) in [5, 5.41) is 6.51. The summed E-state index contributed by atoms with van der Waals surface area (Å²) in [5.74, 6) is 3.97. The maximum absolute atomic E-state index is 12.1. The number of H-pyrrole nitrogens is 1. The van der Waals surface area contributed by atoms with E-state index >= 15 is 0 Å². The number of carbonyl (C=O) groups is 2. The third kappa shape index (κ3) is 2.44. The molecule has 1 heterocycles. The highest BCUT2D eigenvalue weighted by molar-refractivity contribution is 6.08. The molecule has 8 heteroatoms. The van der Waals surface area contributed by atoms with E-state index in [0.717, 1.165) is 0 Å². The van der Waals surface area contributed by atoms with Gasteiger partial charge in [0.05, 0.1) is 17.6 Å². The molecule has 1 aromatic heterocycles. The molecule has 0 unspecified atom stereocenters. The van der Waals surface area contributed by atoms with Crippen LogP contribution in [0.15, 0.2) is 10.9 Å². The van der Waals surface area contributed by atoms with Crippen LogP contribution in [-0.2, 0) is 4.74 Å². The van der Waals surface area contributed by atoms with Crippen molar-refractivity contribution in [2.45, 2.75) is 20.8 Å². The van der Waals surface area contributed by atoms with E-state index in [2.05, 4.69) is 10.2 Å². The molecule has 0 aliphatic carbocycles. The zero-order valence-corrected chi connectivity index (χ0v) is 12.4. The Labute approximate surface area is 125 Å². The zero-order chi connectivity index (χ0) is 16.4. The van der Waals surface area contributed by atoms with Gasteiger partial charge in [-0.3, -0.25) is 15.0 Å². The van der Waals surface area contributed by atoms with E-state index in [1.54, 1.807) is 26.8 Å². The summed E-state index contributed by atoms with van der Waals surface area (Å²) in [7, 11) is 0. The number of nitrogens with one attached hydrogen (secondary N) is 2. The van der Waals surface area contributed by atoms with E-state index in [4.69, 9.17) is 10.6 Å². The van der Waals surface area contributed by atoms with Gasteiger partial charge in [0.25, 0.3) is 11.5 Å². The Morgan fingerprint density at radius 3 is 2.68 bits per heavy atom. The summed E-state index contributed by atoms with van der Waals surface area (Å²) in [5.41, 5.74) is 2.79. The molecular formula is C14H16N4O4. The summed E-state index contributed by atoms with van der Waals surface area (Å²) in [6.07, 6.45) is 0. The van der Waals surface area contributed by atoms with Gasteiger partial charge in [-0.05, 0) is 38.0 Å². The standard InChI is InChI=1S/C14H16N4O4/c1-4-22-14(21)9-6(2)5-8-10(7(9)3)12(19)18-17-11(8)13(20)16-15/h5H,4,15H2,1-3H3,(H,16,20)(H,18,19). The van der Waals surface area contributed by atoms with Crippen molar-refractivity contribution in [2.75, 3.05) is 6.61 Å². The van der Waals surface area contributed by atoms with Gasteiger partial charge in [-0.1, -0.05) is 0 Å². The minimum absolute atomic E-state index is 0.0151. The number of fused-ring (bicyclic) bond motifs is 1. The van der Waals surface area contributed by atoms with Crippen LogP contribution in [0, 0.1) is 13.8 Å². The number of nitrogens with two attached hydrogens (primary N) is 1. The summed E-state index contributed by atoms with van der Waals surface area (Å²) >= 11 is 0. The Bertz CT molecular complexity index is 826. The van der Waals surface area contributed by atoms with E-state index in [1.165, 1.54) is 0 Å². The number of hydrazine groups is 1. The molecule has 116 valence electrons.